The molecule has 0 aliphatic carbocycles. The van der Waals surface area contributed by atoms with E-state index in [4.69, 9.17) is 9.47 Å². The van der Waals surface area contributed by atoms with E-state index >= 15 is 0 Å². The van der Waals surface area contributed by atoms with Gasteiger partial charge in [0.05, 0.1) is 20.1 Å². The first-order valence-corrected chi connectivity index (χ1v) is 10.8. The summed E-state index contributed by atoms with van der Waals surface area (Å²) in [6.45, 7) is 1.06. The Kier molecular flexibility index (Phi) is 6.87. The summed E-state index contributed by atoms with van der Waals surface area (Å²) in [5, 5.41) is 2.95. The molecular formula is C23H29N5O4. The number of anilines is 1. The predicted octanol–water partition coefficient (Wildman–Crippen LogP) is 1.88. The number of ether oxygens (including phenoxy) is 2. The molecule has 1 aromatic carbocycles. The number of piperidine rings is 1. The molecule has 0 saturated carbocycles. The van der Waals surface area contributed by atoms with E-state index in [9.17, 15) is 9.59 Å². The zero-order valence-electron chi connectivity index (χ0n) is 18.3. The van der Waals surface area contributed by atoms with Gasteiger partial charge in [0.25, 0.3) is 0 Å². The van der Waals surface area contributed by atoms with E-state index in [2.05, 4.69) is 21.2 Å². The molecule has 3 unspecified atom stereocenters. The van der Waals surface area contributed by atoms with Gasteiger partial charge in [-0.25, -0.2) is 10.9 Å². The number of carbonyl (C=O) groups excluding carboxylic acids is 2. The van der Waals surface area contributed by atoms with Gasteiger partial charge in [-0.1, -0.05) is 6.07 Å². The van der Waals surface area contributed by atoms with Crippen molar-refractivity contribution in [1.29, 1.82) is 0 Å². The molecule has 2 aliphatic heterocycles. The van der Waals surface area contributed by atoms with E-state index < -0.39 is 0 Å². The van der Waals surface area contributed by atoms with Gasteiger partial charge in [-0.05, 0) is 30.9 Å². The molecule has 2 fully saturated rings. The molecule has 0 spiro atoms. The Morgan fingerprint density at radius 3 is 2.62 bits per heavy atom. The van der Waals surface area contributed by atoms with Gasteiger partial charge in [0, 0.05) is 55.4 Å². The van der Waals surface area contributed by atoms with Crippen molar-refractivity contribution in [3.8, 4) is 11.5 Å². The fourth-order valence-electron chi connectivity index (χ4n) is 4.25. The number of hydrazine groups is 1. The topological polar surface area (TPSA) is 105 Å². The predicted molar refractivity (Wildman–Crippen MR) is 119 cm³/mol. The maximum Gasteiger partial charge on any atom is 0.241 e. The van der Waals surface area contributed by atoms with Crippen molar-refractivity contribution in [2.24, 2.45) is 5.92 Å². The van der Waals surface area contributed by atoms with Crippen molar-refractivity contribution in [3.05, 3.63) is 48.3 Å². The number of amides is 2. The lowest BCUT2D eigenvalue weighted by molar-refractivity contribution is -0.136. The summed E-state index contributed by atoms with van der Waals surface area (Å²) >= 11 is 0. The molecule has 1 aromatic heterocycles. The van der Waals surface area contributed by atoms with Gasteiger partial charge in [-0.3, -0.25) is 14.6 Å². The van der Waals surface area contributed by atoms with Gasteiger partial charge < -0.3 is 19.7 Å². The molecule has 2 amide bonds. The number of likely N-dealkylation sites (tertiary alicyclic amines) is 1. The monoisotopic (exact) mass is 439 g/mol. The Morgan fingerprint density at radius 2 is 1.94 bits per heavy atom. The number of nitrogens with zero attached hydrogens (tertiary/aromatic N) is 2. The highest BCUT2D eigenvalue weighted by Crippen LogP contribution is 2.28. The van der Waals surface area contributed by atoms with Crippen molar-refractivity contribution in [2.75, 3.05) is 32.6 Å². The standard InChI is InChI=1S/C23H29N5O4/c1-31-18-9-17(10-19(11-18)32-2)25-22(29)16-6-4-8-28(14-16)23(30)21-12-20(26-27-21)15-5-3-7-24-13-15/h3,5,7,9-11,13,16,20-21,26-27H,4,6,8,12,14H2,1-2H3,(H,25,29). The first kappa shape index (κ1) is 22.0. The lowest BCUT2D eigenvalue weighted by atomic mass is 9.95. The molecule has 9 nitrogen and oxygen atoms in total. The molecule has 3 heterocycles. The van der Waals surface area contributed by atoms with Crippen LogP contribution in [0.5, 0.6) is 11.5 Å². The van der Waals surface area contributed by atoms with Crippen LogP contribution >= 0.6 is 0 Å². The Hall–Kier alpha value is -3.17. The van der Waals surface area contributed by atoms with E-state index in [1.54, 1.807) is 49.7 Å². The first-order chi connectivity index (χ1) is 15.6. The smallest absolute Gasteiger partial charge is 0.241 e. The van der Waals surface area contributed by atoms with Crippen LogP contribution in [-0.4, -0.2) is 55.0 Å². The van der Waals surface area contributed by atoms with Crippen LogP contribution in [0.4, 0.5) is 5.69 Å². The molecule has 4 rings (SSSR count). The zero-order valence-corrected chi connectivity index (χ0v) is 18.3. The Morgan fingerprint density at radius 1 is 1.16 bits per heavy atom. The molecule has 9 heteroatoms. The second-order valence-corrected chi connectivity index (χ2v) is 8.13. The third kappa shape index (κ3) is 5.00. The molecule has 0 radical (unpaired) electrons. The van der Waals surface area contributed by atoms with Crippen LogP contribution < -0.4 is 25.6 Å². The van der Waals surface area contributed by atoms with Crippen LogP contribution in [0.25, 0.3) is 0 Å². The van der Waals surface area contributed by atoms with E-state index in [0.29, 0.717) is 36.7 Å². The minimum Gasteiger partial charge on any atom is -0.497 e. The van der Waals surface area contributed by atoms with Crippen LogP contribution in [-0.2, 0) is 9.59 Å². The maximum absolute atomic E-state index is 13.1. The summed E-state index contributed by atoms with van der Waals surface area (Å²) < 4.78 is 10.5. The van der Waals surface area contributed by atoms with Crippen molar-refractivity contribution < 1.29 is 19.1 Å². The molecule has 32 heavy (non-hydrogen) atoms. The van der Waals surface area contributed by atoms with E-state index in [-0.39, 0.29) is 29.8 Å². The number of methoxy groups -OCH3 is 2. The highest BCUT2D eigenvalue weighted by atomic mass is 16.5. The van der Waals surface area contributed by atoms with Crippen LogP contribution in [0.1, 0.15) is 30.9 Å². The van der Waals surface area contributed by atoms with Crippen LogP contribution in [0, 0.1) is 5.92 Å². The number of hydrogen-bond acceptors (Lipinski definition) is 7. The van der Waals surface area contributed by atoms with Gasteiger partial charge in [0.1, 0.15) is 17.5 Å². The average molecular weight is 440 g/mol. The summed E-state index contributed by atoms with van der Waals surface area (Å²) in [7, 11) is 3.13. The average Bonchev–Trinajstić information content (AvgIpc) is 3.34. The minimum absolute atomic E-state index is 0.0180. The highest BCUT2D eigenvalue weighted by Gasteiger charge is 2.36. The number of carbonyl (C=O) groups is 2. The largest absolute Gasteiger partial charge is 0.497 e. The summed E-state index contributed by atoms with van der Waals surface area (Å²) in [5.41, 5.74) is 7.95. The molecule has 2 aromatic rings. The Balaban J connectivity index is 1.36. The summed E-state index contributed by atoms with van der Waals surface area (Å²) in [5.74, 6) is 0.840. The second kappa shape index (κ2) is 9.97. The van der Waals surface area contributed by atoms with E-state index in [1.165, 1.54) is 0 Å². The molecule has 3 atom stereocenters. The number of aromatic nitrogens is 1. The van der Waals surface area contributed by atoms with Crippen molar-refractivity contribution in [2.45, 2.75) is 31.3 Å². The lowest BCUT2D eigenvalue weighted by Gasteiger charge is -2.33. The molecule has 170 valence electrons. The number of nitrogens with one attached hydrogen (secondary N) is 3. The first-order valence-electron chi connectivity index (χ1n) is 10.8. The fraction of sp³-hybridized carbons (Fsp3) is 0.435. The number of pyridine rings is 1. The molecule has 2 saturated heterocycles. The normalized spacial score (nSPS) is 22.9. The van der Waals surface area contributed by atoms with Crippen LogP contribution in [0.3, 0.4) is 0 Å². The van der Waals surface area contributed by atoms with Gasteiger partial charge >= 0.3 is 0 Å². The van der Waals surface area contributed by atoms with Crippen molar-refractivity contribution in [1.82, 2.24) is 20.7 Å². The number of rotatable bonds is 6. The Labute approximate surface area is 187 Å². The third-order valence-electron chi connectivity index (χ3n) is 6.01. The maximum atomic E-state index is 13.1. The quantitative estimate of drug-likeness (QED) is 0.631. The second-order valence-electron chi connectivity index (χ2n) is 8.13. The van der Waals surface area contributed by atoms with E-state index in [1.807, 2.05) is 12.1 Å². The zero-order chi connectivity index (χ0) is 22.5. The molecule has 2 aliphatic rings. The van der Waals surface area contributed by atoms with Crippen molar-refractivity contribution in [3.63, 3.8) is 0 Å². The van der Waals surface area contributed by atoms with Crippen LogP contribution in [0.15, 0.2) is 42.7 Å². The van der Waals surface area contributed by atoms with Gasteiger partial charge in [-0.15, -0.1) is 0 Å². The minimum atomic E-state index is -0.329. The summed E-state index contributed by atoms with van der Waals surface area (Å²) in [4.78, 5) is 32.0. The SMILES string of the molecule is COc1cc(NC(=O)C2CCCN(C(=O)C3CC(c4cccnc4)NN3)C2)cc(OC)c1. The van der Waals surface area contributed by atoms with Crippen LogP contribution in [0.2, 0.25) is 0 Å². The Bertz CT molecular complexity index is 932. The fourth-order valence-corrected chi connectivity index (χ4v) is 4.25. The number of benzene rings is 1. The summed E-state index contributed by atoms with van der Waals surface area (Å²) in [6, 6.07) is 8.83. The van der Waals surface area contributed by atoms with Gasteiger partial charge in [0.2, 0.25) is 11.8 Å². The highest BCUT2D eigenvalue weighted by molar-refractivity contribution is 5.93. The van der Waals surface area contributed by atoms with Gasteiger partial charge in [-0.2, -0.15) is 0 Å². The summed E-state index contributed by atoms with van der Waals surface area (Å²) in [6.07, 6.45) is 5.71. The molecule has 0 bridgehead atoms. The lowest BCUT2D eigenvalue weighted by Crippen LogP contribution is -2.50. The van der Waals surface area contributed by atoms with Crippen molar-refractivity contribution >= 4 is 17.5 Å². The number of hydrogen-bond donors (Lipinski definition) is 3. The third-order valence-corrected chi connectivity index (χ3v) is 6.01. The van der Waals surface area contributed by atoms with Gasteiger partial charge in [0.15, 0.2) is 0 Å². The molecular weight excluding hydrogens is 410 g/mol. The van der Waals surface area contributed by atoms with E-state index in [0.717, 1.165) is 18.4 Å². The molecule has 3 N–H and O–H groups in total.